The molecule has 0 fully saturated rings. The van der Waals surface area contributed by atoms with Crippen LogP contribution in [0.4, 0.5) is 23.5 Å². The monoisotopic (exact) mass is 728 g/mol. The van der Waals surface area contributed by atoms with E-state index in [1.807, 2.05) is 33.7 Å². The largest absolute Gasteiger partial charge is 0.493 e. The number of nitrogens with two attached hydrogens (primary N) is 2. The van der Waals surface area contributed by atoms with Crippen LogP contribution in [-0.4, -0.2) is 99.1 Å². The Morgan fingerprint density at radius 2 is 0.880 bits per heavy atom. The van der Waals surface area contributed by atoms with Gasteiger partial charge in [-0.3, -0.25) is 0 Å². The molecule has 50 heavy (non-hydrogen) atoms. The van der Waals surface area contributed by atoms with Gasteiger partial charge in [0.15, 0.2) is 23.0 Å². The van der Waals surface area contributed by atoms with Crippen LogP contribution in [0.3, 0.4) is 0 Å². The van der Waals surface area contributed by atoms with E-state index in [1.165, 1.54) is 0 Å². The Hall–Kier alpha value is -3.86. The van der Waals surface area contributed by atoms with Gasteiger partial charge in [0, 0.05) is 60.6 Å². The average Bonchev–Trinajstić information content (AvgIpc) is 3.12. The molecule has 0 unspecified atom stereocenters. The molecule has 14 nitrogen and oxygen atoms in total. The number of fused-ring (bicyclic) bond motifs is 2. The lowest BCUT2D eigenvalue weighted by Gasteiger charge is -2.11. The minimum atomic E-state index is 0.414. The van der Waals surface area contributed by atoms with E-state index in [9.17, 15) is 0 Å². The second kappa shape index (κ2) is 21.4. The molecule has 0 amide bonds. The van der Waals surface area contributed by atoms with E-state index in [-0.39, 0.29) is 0 Å². The van der Waals surface area contributed by atoms with Crippen LogP contribution in [0.1, 0.15) is 38.5 Å². The Kier molecular flexibility index (Phi) is 16.6. The Morgan fingerprint density at radius 1 is 0.500 bits per heavy atom. The standard InChI is InChI=1S/C34H52N10O4S2/c1-45-27-19-23-25(21-29(27)47-3)41-33(43-31(23)35)39-13-9-5-7-11-37-15-17-49-50-18-16-38-12-8-6-10-14-40-34-42-26-22-30(48-4)28(46-2)20-24(26)32(36)44-34/h19-22,37-38H,5-18H2,1-4H3,(H3,35,39,41,43)(H3,36,40,42,44). The maximum absolute atomic E-state index is 6.17. The predicted molar refractivity (Wildman–Crippen MR) is 209 cm³/mol. The van der Waals surface area contributed by atoms with Gasteiger partial charge in [0.1, 0.15) is 11.6 Å². The number of nitrogens with zero attached hydrogens (tertiary/aromatic N) is 4. The predicted octanol–water partition coefficient (Wildman–Crippen LogP) is 5.20. The highest BCUT2D eigenvalue weighted by Gasteiger charge is 2.13. The highest BCUT2D eigenvalue weighted by molar-refractivity contribution is 8.76. The molecule has 2 aromatic carbocycles. The Bertz CT molecular complexity index is 1520. The summed E-state index contributed by atoms with van der Waals surface area (Å²) in [4.78, 5) is 18.0. The van der Waals surface area contributed by atoms with Gasteiger partial charge in [0.2, 0.25) is 11.9 Å². The molecule has 16 heteroatoms. The number of rotatable bonds is 25. The van der Waals surface area contributed by atoms with Crippen LogP contribution in [0.15, 0.2) is 24.3 Å². The van der Waals surface area contributed by atoms with Gasteiger partial charge < -0.3 is 51.7 Å². The van der Waals surface area contributed by atoms with Crippen molar-refractivity contribution in [3.63, 3.8) is 0 Å². The molecule has 0 bridgehead atoms. The third kappa shape index (κ3) is 11.9. The first kappa shape index (κ1) is 38.9. The van der Waals surface area contributed by atoms with Crippen LogP contribution in [0, 0.1) is 0 Å². The molecule has 0 aliphatic rings. The number of benzene rings is 2. The molecule has 0 saturated heterocycles. The lowest BCUT2D eigenvalue weighted by atomic mass is 10.2. The fourth-order valence-corrected chi connectivity index (χ4v) is 7.11. The topological polar surface area (TPSA) is 189 Å². The highest BCUT2D eigenvalue weighted by atomic mass is 33.1. The molecular formula is C34H52N10O4S2. The van der Waals surface area contributed by atoms with Crippen molar-refractivity contribution in [1.29, 1.82) is 0 Å². The molecule has 0 aliphatic heterocycles. The number of methoxy groups -OCH3 is 4. The molecule has 0 atom stereocenters. The number of hydrogen-bond acceptors (Lipinski definition) is 16. The molecule has 274 valence electrons. The van der Waals surface area contributed by atoms with Crippen LogP contribution < -0.4 is 51.7 Å². The van der Waals surface area contributed by atoms with Gasteiger partial charge in [-0.1, -0.05) is 34.4 Å². The van der Waals surface area contributed by atoms with Gasteiger partial charge in [-0.25, -0.2) is 9.97 Å². The zero-order chi connectivity index (χ0) is 35.6. The Labute approximate surface area is 302 Å². The highest BCUT2D eigenvalue weighted by Crippen LogP contribution is 2.35. The number of hydrogen-bond donors (Lipinski definition) is 6. The molecule has 2 heterocycles. The van der Waals surface area contributed by atoms with Gasteiger partial charge in [0.05, 0.1) is 39.5 Å². The van der Waals surface area contributed by atoms with Crippen molar-refractivity contribution in [1.82, 2.24) is 30.6 Å². The van der Waals surface area contributed by atoms with Crippen molar-refractivity contribution in [2.24, 2.45) is 0 Å². The maximum Gasteiger partial charge on any atom is 0.225 e. The summed E-state index contributed by atoms with van der Waals surface area (Å²) in [5.74, 6) is 6.51. The number of ether oxygens (including phenoxy) is 4. The van der Waals surface area contributed by atoms with Crippen molar-refractivity contribution < 1.29 is 18.9 Å². The minimum Gasteiger partial charge on any atom is -0.493 e. The molecule has 0 aliphatic carbocycles. The molecule has 8 N–H and O–H groups in total. The zero-order valence-electron chi connectivity index (χ0n) is 29.6. The minimum absolute atomic E-state index is 0.414. The van der Waals surface area contributed by atoms with E-state index < -0.39 is 0 Å². The van der Waals surface area contributed by atoms with E-state index in [0.717, 1.165) is 111 Å². The van der Waals surface area contributed by atoms with Crippen molar-refractivity contribution >= 4 is 66.9 Å². The van der Waals surface area contributed by atoms with Crippen molar-refractivity contribution in [2.45, 2.75) is 38.5 Å². The lowest BCUT2D eigenvalue weighted by Crippen LogP contribution is -2.19. The fourth-order valence-electron chi connectivity index (χ4n) is 5.22. The average molecular weight is 729 g/mol. The summed E-state index contributed by atoms with van der Waals surface area (Å²) in [6.07, 6.45) is 6.58. The first-order valence-electron chi connectivity index (χ1n) is 17.0. The van der Waals surface area contributed by atoms with Crippen LogP contribution in [0.25, 0.3) is 21.8 Å². The fraction of sp³-hybridized carbons (Fsp3) is 0.529. The molecule has 0 saturated carbocycles. The normalized spacial score (nSPS) is 11.2. The first-order valence-corrected chi connectivity index (χ1v) is 19.5. The molecule has 4 rings (SSSR count). The SMILES string of the molecule is COc1cc2nc(NCCCCCNCCSSCCNCCCCCNc3nc(N)c4cc(OC)c(OC)cc4n3)nc(N)c2cc1OC. The second-order valence-corrected chi connectivity index (χ2v) is 14.1. The van der Waals surface area contributed by atoms with Crippen molar-refractivity contribution in [2.75, 3.05) is 101 Å². The quantitative estimate of drug-likeness (QED) is 0.0386. The van der Waals surface area contributed by atoms with E-state index in [2.05, 4.69) is 41.2 Å². The Morgan fingerprint density at radius 3 is 1.28 bits per heavy atom. The first-order chi connectivity index (χ1) is 24.5. The van der Waals surface area contributed by atoms with Crippen LogP contribution in [-0.2, 0) is 0 Å². The number of anilines is 4. The van der Waals surface area contributed by atoms with E-state index in [0.29, 0.717) is 46.5 Å². The molecular weight excluding hydrogens is 677 g/mol. The number of aromatic nitrogens is 4. The summed E-state index contributed by atoms with van der Waals surface area (Å²) in [7, 11) is 10.2. The van der Waals surface area contributed by atoms with Gasteiger partial charge in [-0.15, -0.1) is 0 Å². The van der Waals surface area contributed by atoms with Gasteiger partial charge in [-0.2, -0.15) is 9.97 Å². The van der Waals surface area contributed by atoms with Gasteiger partial charge >= 0.3 is 0 Å². The molecule has 0 radical (unpaired) electrons. The maximum atomic E-state index is 6.17. The Balaban J connectivity index is 0.931. The summed E-state index contributed by atoms with van der Waals surface area (Å²) in [5, 5.41) is 15.2. The number of nitrogens with one attached hydrogen (secondary N) is 4. The third-order valence-corrected chi connectivity index (χ3v) is 10.3. The van der Waals surface area contributed by atoms with Crippen LogP contribution in [0.2, 0.25) is 0 Å². The summed E-state index contributed by atoms with van der Waals surface area (Å²) >= 11 is 0. The van der Waals surface area contributed by atoms with Gasteiger partial charge in [0.25, 0.3) is 0 Å². The van der Waals surface area contributed by atoms with Crippen molar-refractivity contribution in [3.05, 3.63) is 24.3 Å². The number of nitrogen functional groups attached to an aromatic ring is 2. The lowest BCUT2D eigenvalue weighted by molar-refractivity contribution is 0.356. The smallest absolute Gasteiger partial charge is 0.225 e. The second-order valence-electron chi connectivity index (χ2n) is 11.4. The third-order valence-electron chi connectivity index (χ3n) is 7.90. The van der Waals surface area contributed by atoms with E-state index in [1.54, 1.807) is 40.6 Å². The summed E-state index contributed by atoms with van der Waals surface area (Å²) in [6, 6.07) is 7.25. The molecule has 0 spiro atoms. The summed E-state index contributed by atoms with van der Waals surface area (Å²) in [5.41, 5.74) is 13.8. The van der Waals surface area contributed by atoms with Gasteiger partial charge in [-0.05, 0) is 50.9 Å². The molecule has 4 aromatic rings. The zero-order valence-corrected chi connectivity index (χ0v) is 31.2. The van der Waals surface area contributed by atoms with E-state index in [4.69, 9.17) is 30.4 Å². The van der Waals surface area contributed by atoms with Crippen molar-refractivity contribution in [3.8, 4) is 23.0 Å². The summed E-state index contributed by atoms with van der Waals surface area (Å²) < 4.78 is 21.5. The molecule has 2 aromatic heterocycles. The number of unbranched alkanes of at least 4 members (excludes halogenated alkanes) is 4. The summed E-state index contributed by atoms with van der Waals surface area (Å²) in [6.45, 7) is 5.68. The van der Waals surface area contributed by atoms with E-state index >= 15 is 0 Å². The van der Waals surface area contributed by atoms with Crippen LogP contribution >= 0.6 is 21.6 Å². The van der Waals surface area contributed by atoms with Crippen LogP contribution in [0.5, 0.6) is 23.0 Å².